The average molecular weight is 475 g/mol. The zero-order valence-corrected chi connectivity index (χ0v) is 20.4. The molecule has 1 aromatic rings. The van der Waals surface area contributed by atoms with Crippen LogP contribution in [0.1, 0.15) is 0 Å². The maximum absolute atomic E-state index is 4.46. The van der Waals surface area contributed by atoms with Crippen LogP contribution in [0.3, 0.4) is 0 Å². The highest BCUT2D eigenvalue weighted by atomic mass is 32.2. The molecule has 24 heavy (non-hydrogen) atoms. The van der Waals surface area contributed by atoms with E-state index >= 15 is 0 Å². The van der Waals surface area contributed by atoms with Gasteiger partial charge in [-0.1, -0.05) is 0 Å². The number of rotatable bonds is 14. The molecule has 1 aromatic carbocycles. The number of hydrogen-bond acceptors (Lipinski definition) is 8. The highest BCUT2D eigenvalue weighted by Crippen LogP contribution is 2.28. The second-order valence-electron chi connectivity index (χ2n) is 4.89. The van der Waals surface area contributed by atoms with Gasteiger partial charge in [0.1, 0.15) is 0 Å². The van der Waals surface area contributed by atoms with E-state index < -0.39 is 0 Å². The van der Waals surface area contributed by atoms with Crippen LogP contribution < -0.4 is 0 Å². The largest absolute Gasteiger partial charge is 0.179 e. The highest BCUT2D eigenvalue weighted by Gasteiger charge is 2.09. The third-order valence-corrected chi connectivity index (χ3v) is 10.7. The first-order valence-corrected chi connectivity index (χ1v) is 14.4. The van der Waals surface area contributed by atoms with Gasteiger partial charge >= 0.3 is 0 Å². The molecule has 138 valence electrons. The molecular weight excluding hydrogens is 449 g/mol. The minimum atomic E-state index is 0.597. The third kappa shape index (κ3) is 11.0. The molecule has 0 nitrogen and oxygen atoms in total. The summed E-state index contributed by atoms with van der Waals surface area (Å²) in [5, 5.41) is 1.19. The Kier molecular flexibility index (Phi) is 16.1. The van der Waals surface area contributed by atoms with Crippen molar-refractivity contribution in [2.45, 2.75) is 20.3 Å². The van der Waals surface area contributed by atoms with Gasteiger partial charge in [0.25, 0.3) is 0 Å². The first-order valence-electron chi connectivity index (χ1n) is 7.75. The van der Waals surface area contributed by atoms with Gasteiger partial charge in [0, 0.05) is 54.8 Å². The van der Waals surface area contributed by atoms with E-state index in [0.29, 0.717) is 10.5 Å². The van der Waals surface area contributed by atoms with Gasteiger partial charge in [0.15, 0.2) is 0 Å². The molecule has 1 rings (SSSR count). The summed E-state index contributed by atoms with van der Waals surface area (Å²) in [6.07, 6.45) is 0. The molecule has 8 heteroatoms. The van der Waals surface area contributed by atoms with Crippen LogP contribution in [0.2, 0.25) is 0 Å². The first-order chi connectivity index (χ1) is 11.7. The summed E-state index contributed by atoms with van der Waals surface area (Å²) in [7, 11) is 0. The standard InChI is InChI=1S/C16H26S8/c17-5-7-21-15(9-19)11-23-13-1-2-14(4-3-13)24-12-16(10-20)22-8-6-18/h1-4,15-20H,5-12H2. The Morgan fingerprint density at radius 1 is 0.667 bits per heavy atom. The van der Waals surface area contributed by atoms with Crippen LogP contribution in [0.5, 0.6) is 0 Å². The van der Waals surface area contributed by atoms with E-state index in [2.05, 4.69) is 74.8 Å². The van der Waals surface area contributed by atoms with Gasteiger partial charge in [-0.2, -0.15) is 74.0 Å². The summed E-state index contributed by atoms with van der Waals surface area (Å²) in [6, 6.07) is 8.95. The Morgan fingerprint density at radius 2 is 1.04 bits per heavy atom. The SMILES string of the molecule is SCCSC(CS)CSc1ccc(SCC(CS)SCCS)cc1. The number of benzene rings is 1. The Labute approximate surface area is 186 Å². The highest BCUT2D eigenvalue weighted by molar-refractivity contribution is 8.04. The van der Waals surface area contributed by atoms with Crippen molar-refractivity contribution in [1.82, 2.24) is 0 Å². The molecule has 0 saturated heterocycles. The fourth-order valence-corrected chi connectivity index (χ4v) is 7.54. The number of thioether (sulfide) groups is 4. The van der Waals surface area contributed by atoms with Gasteiger partial charge < -0.3 is 0 Å². The molecule has 2 atom stereocenters. The molecule has 0 N–H and O–H groups in total. The van der Waals surface area contributed by atoms with Gasteiger partial charge in [-0.05, 0) is 35.8 Å². The van der Waals surface area contributed by atoms with Crippen LogP contribution in [0.4, 0.5) is 0 Å². The van der Waals surface area contributed by atoms with E-state index in [1.165, 1.54) is 9.79 Å². The minimum Gasteiger partial charge on any atom is -0.179 e. The van der Waals surface area contributed by atoms with Crippen LogP contribution in [-0.4, -0.2) is 56.5 Å². The molecule has 0 heterocycles. The summed E-state index contributed by atoms with van der Waals surface area (Å²) in [6.45, 7) is 0. The molecule has 0 aliphatic rings. The number of hydrogen-bond donors (Lipinski definition) is 4. The molecule has 0 spiro atoms. The lowest BCUT2D eigenvalue weighted by molar-refractivity contribution is 1.14. The van der Waals surface area contributed by atoms with E-state index in [-0.39, 0.29) is 0 Å². The Balaban J connectivity index is 2.36. The number of thiol groups is 4. The van der Waals surface area contributed by atoms with E-state index in [1.807, 2.05) is 47.0 Å². The first kappa shape index (κ1) is 24.1. The maximum atomic E-state index is 4.46. The summed E-state index contributed by atoms with van der Waals surface area (Å²) in [5.41, 5.74) is 0. The van der Waals surface area contributed by atoms with Gasteiger partial charge in [0.05, 0.1) is 0 Å². The van der Waals surface area contributed by atoms with Gasteiger partial charge in [0.2, 0.25) is 0 Å². The quantitative estimate of drug-likeness (QED) is 0.199. The molecule has 0 amide bonds. The lowest BCUT2D eigenvalue weighted by Gasteiger charge is -2.14. The Bertz CT molecular complexity index is 372. The minimum absolute atomic E-state index is 0.597. The Morgan fingerprint density at radius 3 is 1.33 bits per heavy atom. The second kappa shape index (κ2) is 16.0. The van der Waals surface area contributed by atoms with Gasteiger partial charge in [-0.15, -0.1) is 23.5 Å². The van der Waals surface area contributed by atoms with Crippen molar-refractivity contribution in [2.75, 3.05) is 46.0 Å². The zero-order chi connectivity index (χ0) is 17.6. The molecule has 0 bridgehead atoms. The van der Waals surface area contributed by atoms with Crippen molar-refractivity contribution < 1.29 is 0 Å². The summed E-state index contributed by atoms with van der Waals surface area (Å²) >= 11 is 25.3. The molecule has 2 unspecified atom stereocenters. The van der Waals surface area contributed by atoms with Crippen molar-refractivity contribution in [3.8, 4) is 0 Å². The summed E-state index contributed by atoms with van der Waals surface area (Å²) < 4.78 is 0. The molecule has 0 aliphatic carbocycles. The lowest BCUT2D eigenvalue weighted by atomic mass is 10.4. The predicted molar refractivity (Wildman–Crippen MR) is 136 cm³/mol. The van der Waals surface area contributed by atoms with E-state index in [0.717, 1.165) is 46.0 Å². The van der Waals surface area contributed by atoms with Gasteiger partial charge in [-0.3, -0.25) is 0 Å². The third-order valence-electron chi connectivity index (χ3n) is 2.99. The molecular formula is C16H26S8. The fraction of sp³-hybridized carbons (Fsp3) is 0.625. The van der Waals surface area contributed by atoms with E-state index in [1.54, 1.807) is 0 Å². The van der Waals surface area contributed by atoms with Crippen LogP contribution in [0, 0.1) is 0 Å². The fourth-order valence-electron chi connectivity index (χ4n) is 1.76. The molecule has 0 fully saturated rings. The zero-order valence-electron chi connectivity index (χ0n) is 13.5. The molecule has 0 saturated carbocycles. The lowest BCUT2D eigenvalue weighted by Crippen LogP contribution is -2.09. The van der Waals surface area contributed by atoms with Crippen LogP contribution >= 0.6 is 97.6 Å². The molecule has 0 radical (unpaired) electrons. The van der Waals surface area contributed by atoms with Crippen LogP contribution in [0.25, 0.3) is 0 Å². The van der Waals surface area contributed by atoms with E-state index in [9.17, 15) is 0 Å². The maximum Gasteiger partial charge on any atom is 0.0230 e. The van der Waals surface area contributed by atoms with Crippen molar-refractivity contribution in [3.05, 3.63) is 24.3 Å². The molecule has 0 aliphatic heterocycles. The predicted octanol–water partition coefficient (Wildman–Crippen LogP) is 5.79. The molecule has 0 aromatic heterocycles. The van der Waals surface area contributed by atoms with E-state index in [4.69, 9.17) is 0 Å². The summed E-state index contributed by atoms with van der Waals surface area (Å²) in [5.74, 6) is 8.14. The smallest absolute Gasteiger partial charge is 0.0230 e. The van der Waals surface area contributed by atoms with Crippen molar-refractivity contribution in [3.63, 3.8) is 0 Å². The van der Waals surface area contributed by atoms with Crippen molar-refractivity contribution >= 4 is 97.6 Å². The monoisotopic (exact) mass is 474 g/mol. The normalized spacial score (nSPS) is 13.8. The van der Waals surface area contributed by atoms with Gasteiger partial charge in [-0.25, -0.2) is 0 Å². The Hall–Kier alpha value is 2.02. The van der Waals surface area contributed by atoms with Crippen molar-refractivity contribution in [1.29, 1.82) is 0 Å². The van der Waals surface area contributed by atoms with Crippen LogP contribution in [-0.2, 0) is 0 Å². The average Bonchev–Trinajstić information content (AvgIpc) is 2.63. The van der Waals surface area contributed by atoms with Crippen LogP contribution in [0.15, 0.2) is 34.1 Å². The topological polar surface area (TPSA) is 0 Å². The van der Waals surface area contributed by atoms with Crippen molar-refractivity contribution in [2.24, 2.45) is 0 Å². The second-order valence-corrected chi connectivity index (χ2v) is 11.5. The summed E-state index contributed by atoms with van der Waals surface area (Å²) in [4.78, 5) is 2.68.